The van der Waals surface area contributed by atoms with E-state index in [2.05, 4.69) is 22.2 Å². The summed E-state index contributed by atoms with van der Waals surface area (Å²) >= 11 is 0. The van der Waals surface area contributed by atoms with E-state index in [1.165, 1.54) is 0 Å². The number of methoxy groups -OCH3 is 1. The van der Waals surface area contributed by atoms with Gasteiger partial charge >= 0.3 is 0 Å². The molecule has 1 aromatic rings. The van der Waals surface area contributed by atoms with Crippen molar-refractivity contribution < 1.29 is 4.74 Å². The van der Waals surface area contributed by atoms with Gasteiger partial charge in [-0.2, -0.15) is 0 Å². The van der Waals surface area contributed by atoms with Crippen LogP contribution >= 0.6 is 0 Å². The number of hydrogen-bond acceptors (Lipinski definition) is 5. The standard InChI is InChI=1S/C11H20N4O/c1-4-8(7-16-3)13-11-6-9(12)14-10(5-2)15-11/h6,8H,4-5,7H2,1-3H3,(H3,12,13,14,15). The molecule has 0 saturated carbocycles. The third-order valence-corrected chi connectivity index (χ3v) is 2.32. The number of anilines is 2. The van der Waals surface area contributed by atoms with E-state index in [1.807, 2.05) is 6.92 Å². The van der Waals surface area contributed by atoms with Crippen LogP contribution in [0.25, 0.3) is 0 Å². The Balaban J connectivity index is 2.74. The number of aromatic nitrogens is 2. The van der Waals surface area contributed by atoms with Crippen molar-refractivity contribution >= 4 is 11.6 Å². The molecule has 0 spiro atoms. The fourth-order valence-electron chi connectivity index (χ4n) is 1.42. The van der Waals surface area contributed by atoms with E-state index in [0.717, 1.165) is 24.5 Å². The van der Waals surface area contributed by atoms with Crippen LogP contribution in [0.5, 0.6) is 0 Å². The second-order valence-corrected chi connectivity index (χ2v) is 3.65. The highest BCUT2D eigenvalue weighted by Gasteiger charge is 2.07. The molecule has 0 amide bonds. The van der Waals surface area contributed by atoms with Crippen molar-refractivity contribution in [2.45, 2.75) is 32.7 Å². The Kier molecular flexibility index (Phi) is 4.98. The molecule has 0 bridgehead atoms. The van der Waals surface area contributed by atoms with Gasteiger partial charge in [-0.25, -0.2) is 9.97 Å². The van der Waals surface area contributed by atoms with Crippen LogP contribution in [-0.2, 0) is 11.2 Å². The lowest BCUT2D eigenvalue weighted by Gasteiger charge is -2.17. The molecule has 90 valence electrons. The molecular formula is C11H20N4O. The van der Waals surface area contributed by atoms with Crippen LogP contribution < -0.4 is 11.1 Å². The molecule has 5 nitrogen and oxygen atoms in total. The highest BCUT2D eigenvalue weighted by atomic mass is 16.5. The number of ether oxygens (including phenoxy) is 1. The van der Waals surface area contributed by atoms with Gasteiger partial charge in [-0.05, 0) is 6.42 Å². The zero-order valence-corrected chi connectivity index (χ0v) is 10.2. The van der Waals surface area contributed by atoms with Crippen LogP contribution in [-0.4, -0.2) is 29.7 Å². The van der Waals surface area contributed by atoms with E-state index in [0.29, 0.717) is 12.4 Å². The average molecular weight is 224 g/mol. The van der Waals surface area contributed by atoms with Gasteiger partial charge in [0.1, 0.15) is 17.5 Å². The van der Waals surface area contributed by atoms with Crippen molar-refractivity contribution in [1.82, 2.24) is 9.97 Å². The lowest BCUT2D eigenvalue weighted by molar-refractivity contribution is 0.184. The number of rotatable bonds is 6. The molecule has 1 unspecified atom stereocenters. The second-order valence-electron chi connectivity index (χ2n) is 3.65. The maximum absolute atomic E-state index is 5.70. The van der Waals surface area contributed by atoms with Gasteiger partial charge in [-0.3, -0.25) is 0 Å². The molecule has 1 rings (SSSR count). The van der Waals surface area contributed by atoms with Gasteiger partial charge in [0, 0.05) is 19.6 Å². The number of nitrogens with one attached hydrogen (secondary N) is 1. The van der Waals surface area contributed by atoms with Crippen LogP contribution in [0, 0.1) is 0 Å². The van der Waals surface area contributed by atoms with Gasteiger partial charge in [0.05, 0.1) is 12.6 Å². The molecule has 1 atom stereocenters. The molecule has 0 saturated heterocycles. The Morgan fingerprint density at radius 3 is 2.75 bits per heavy atom. The summed E-state index contributed by atoms with van der Waals surface area (Å²) in [7, 11) is 1.69. The minimum atomic E-state index is 0.254. The normalized spacial score (nSPS) is 12.4. The molecule has 0 fully saturated rings. The molecule has 3 N–H and O–H groups in total. The molecular weight excluding hydrogens is 204 g/mol. The highest BCUT2D eigenvalue weighted by molar-refractivity contribution is 5.45. The van der Waals surface area contributed by atoms with Crippen LogP contribution in [0.1, 0.15) is 26.1 Å². The third kappa shape index (κ3) is 3.66. The molecule has 0 aromatic carbocycles. The first-order chi connectivity index (χ1) is 7.69. The average Bonchev–Trinajstić information content (AvgIpc) is 2.27. The van der Waals surface area contributed by atoms with E-state index in [-0.39, 0.29) is 6.04 Å². The first-order valence-corrected chi connectivity index (χ1v) is 5.58. The lowest BCUT2D eigenvalue weighted by Crippen LogP contribution is -2.24. The maximum Gasteiger partial charge on any atom is 0.132 e. The number of nitrogens with two attached hydrogens (primary N) is 1. The van der Waals surface area contributed by atoms with Gasteiger partial charge in [0.2, 0.25) is 0 Å². The molecule has 0 aliphatic heterocycles. The summed E-state index contributed by atoms with van der Waals surface area (Å²) in [6.07, 6.45) is 1.75. The van der Waals surface area contributed by atoms with Crippen molar-refractivity contribution in [2.24, 2.45) is 0 Å². The Hall–Kier alpha value is -1.36. The Morgan fingerprint density at radius 1 is 1.44 bits per heavy atom. The van der Waals surface area contributed by atoms with Crippen LogP contribution in [0.4, 0.5) is 11.6 Å². The van der Waals surface area contributed by atoms with Crippen LogP contribution in [0.3, 0.4) is 0 Å². The van der Waals surface area contributed by atoms with E-state index >= 15 is 0 Å². The van der Waals surface area contributed by atoms with E-state index in [1.54, 1.807) is 13.2 Å². The summed E-state index contributed by atoms with van der Waals surface area (Å²) in [6.45, 7) is 4.76. The third-order valence-electron chi connectivity index (χ3n) is 2.32. The number of nitrogens with zero attached hydrogens (tertiary/aromatic N) is 2. The van der Waals surface area contributed by atoms with Gasteiger partial charge < -0.3 is 15.8 Å². The molecule has 1 heterocycles. The second kappa shape index (κ2) is 6.27. The van der Waals surface area contributed by atoms with Gasteiger partial charge in [0.15, 0.2) is 0 Å². The van der Waals surface area contributed by atoms with Crippen LogP contribution in [0.15, 0.2) is 6.07 Å². The molecule has 0 radical (unpaired) electrons. The van der Waals surface area contributed by atoms with E-state index in [9.17, 15) is 0 Å². The summed E-state index contributed by atoms with van der Waals surface area (Å²) in [5.74, 6) is 2.03. The largest absolute Gasteiger partial charge is 0.384 e. The first-order valence-electron chi connectivity index (χ1n) is 5.58. The minimum Gasteiger partial charge on any atom is -0.384 e. The van der Waals surface area contributed by atoms with E-state index in [4.69, 9.17) is 10.5 Å². The fourth-order valence-corrected chi connectivity index (χ4v) is 1.42. The highest BCUT2D eigenvalue weighted by Crippen LogP contribution is 2.11. The predicted octanol–water partition coefficient (Wildman–Crippen LogP) is 1.46. The minimum absolute atomic E-state index is 0.254. The van der Waals surface area contributed by atoms with Gasteiger partial charge in [-0.1, -0.05) is 13.8 Å². The molecule has 0 aliphatic carbocycles. The van der Waals surface area contributed by atoms with Gasteiger partial charge in [-0.15, -0.1) is 0 Å². The monoisotopic (exact) mass is 224 g/mol. The van der Waals surface area contributed by atoms with Crippen molar-refractivity contribution in [2.75, 3.05) is 24.8 Å². The molecule has 0 aliphatic rings. The number of hydrogen-bond donors (Lipinski definition) is 2. The van der Waals surface area contributed by atoms with Crippen LogP contribution in [0.2, 0.25) is 0 Å². The fraction of sp³-hybridized carbons (Fsp3) is 0.636. The maximum atomic E-state index is 5.70. The quantitative estimate of drug-likeness (QED) is 0.765. The van der Waals surface area contributed by atoms with Crippen molar-refractivity contribution in [3.8, 4) is 0 Å². The first kappa shape index (κ1) is 12.7. The van der Waals surface area contributed by atoms with Crippen molar-refractivity contribution in [1.29, 1.82) is 0 Å². The Labute approximate surface area is 96.4 Å². The summed E-state index contributed by atoms with van der Waals surface area (Å²) in [6, 6.07) is 2.00. The summed E-state index contributed by atoms with van der Waals surface area (Å²) in [4.78, 5) is 8.49. The zero-order valence-electron chi connectivity index (χ0n) is 10.2. The Bertz CT molecular complexity index is 330. The topological polar surface area (TPSA) is 73.1 Å². The molecule has 5 heteroatoms. The SMILES string of the molecule is CCc1nc(N)cc(NC(CC)COC)n1. The van der Waals surface area contributed by atoms with Crippen molar-refractivity contribution in [3.63, 3.8) is 0 Å². The predicted molar refractivity (Wildman–Crippen MR) is 65.4 cm³/mol. The summed E-state index contributed by atoms with van der Waals surface area (Å²) in [5, 5.41) is 3.29. The number of nitrogen functional groups attached to an aromatic ring is 1. The lowest BCUT2D eigenvalue weighted by atomic mass is 10.2. The van der Waals surface area contributed by atoms with Gasteiger partial charge in [0.25, 0.3) is 0 Å². The Morgan fingerprint density at radius 2 is 2.19 bits per heavy atom. The smallest absolute Gasteiger partial charge is 0.132 e. The summed E-state index contributed by atoms with van der Waals surface area (Å²) < 4.78 is 5.12. The molecule has 16 heavy (non-hydrogen) atoms. The van der Waals surface area contributed by atoms with E-state index < -0.39 is 0 Å². The van der Waals surface area contributed by atoms with Crippen molar-refractivity contribution in [3.05, 3.63) is 11.9 Å². The summed E-state index contributed by atoms with van der Waals surface area (Å²) in [5.41, 5.74) is 5.70. The zero-order chi connectivity index (χ0) is 12.0. The number of aryl methyl sites for hydroxylation is 1. The molecule has 1 aromatic heterocycles.